The van der Waals surface area contributed by atoms with Crippen LogP contribution in [0.2, 0.25) is 0 Å². The Morgan fingerprint density at radius 3 is 2.56 bits per heavy atom. The van der Waals surface area contributed by atoms with Crippen LogP contribution in [0, 0.1) is 5.92 Å². The summed E-state index contributed by atoms with van der Waals surface area (Å²) in [4.78, 5) is 18.6. The van der Waals surface area contributed by atoms with Gasteiger partial charge in [-0.05, 0) is 25.3 Å². The molecule has 0 radical (unpaired) electrons. The first-order chi connectivity index (χ1) is 12.6. The van der Waals surface area contributed by atoms with Crippen LogP contribution in [0.15, 0.2) is 35.3 Å². The number of guanidine groups is 1. The highest BCUT2D eigenvalue weighted by Gasteiger charge is 2.20. The second-order valence-corrected chi connectivity index (χ2v) is 6.82. The smallest absolute Gasteiger partial charge is 0.310 e. The molecular formula is C20H33IN4O2. The van der Waals surface area contributed by atoms with Crippen LogP contribution in [0.25, 0.3) is 0 Å². The van der Waals surface area contributed by atoms with E-state index in [4.69, 9.17) is 4.74 Å². The van der Waals surface area contributed by atoms with Crippen molar-refractivity contribution in [1.82, 2.24) is 15.5 Å². The molecule has 2 rings (SSSR count). The molecule has 0 aliphatic carbocycles. The van der Waals surface area contributed by atoms with Crippen molar-refractivity contribution in [2.75, 3.05) is 33.3 Å². The van der Waals surface area contributed by atoms with Crippen LogP contribution >= 0.6 is 24.0 Å². The molecule has 1 aliphatic rings. The minimum Gasteiger partial charge on any atom is -0.469 e. The number of hydrogen-bond acceptors (Lipinski definition) is 4. The van der Waals surface area contributed by atoms with Crippen molar-refractivity contribution in [3.8, 4) is 0 Å². The highest BCUT2D eigenvalue weighted by atomic mass is 127. The minimum absolute atomic E-state index is 0. The van der Waals surface area contributed by atoms with Crippen molar-refractivity contribution in [3.63, 3.8) is 0 Å². The zero-order valence-electron chi connectivity index (χ0n) is 16.6. The van der Waals surface area contributed by atoms with Gasteiger partial charge in [-0.15, -0.1) is 24.0 Å². The predicted octanol–water partition coefficient (Wildman–Crippen LogP) is 2.63. The number of hydrogen-bond donors (Lipinski definition) is 2. The second-order valence-electron chi connectivity index (χ2n) is 6.82. The number of carbonyl (C=O) groups excluding carboxylic acids is 1. The summed E-state index contributed by atoms with van der Waals surface area (Å²) in [7, 11) is 1.41. The van der Waals surface area contributed by atoms with Gasteiger partial charge in [0.1, 0.15) is 0 Å². The van der Waals surface area contributed by atoms with Gasteiger partial charge in [0.2, 0.25) is 0 Å². The molecule has 6 nitrogen and oxygen atoms in total. The molecule has 0 amide bonds. The molecular weight excluding hydrogens is 455 g/mol. The number of methoxy groups -OCH3 is 1. The number of halogens is 1. The Kier molecular flexibility index (Phi) is 11.3. The maximum atomic E-state index is 11.5. The lowest BCUT2D eigenvalue weighted by atomic mass is 10.0. The molecule has 1 aromatic rings. The van der Waals surface area contributed by atoms with E-state index in [0.29, 0.717) is 12.6 Å². The molecule has 0 bridgehead atoms. The third-order valence-corrected chi connectivity index (χ3v) is 4.65. The first kappa shape index (κ1) is 23.7. The van der Waals surface area contributed by atoms with E-state index in [1.165, 1.54) is 12.7 Å². The predicted molar refractivity (Wildman–Crippen MR) is 120 cm³/mol. The topological polar surface area (TPSA) is 66.0 Å². The molecule has 27 heavy (non-hydrogen) atoms. The van der Waals surface area contributed by atoms with Crippen molar-refractivity contribution >= 4 is 35.9 Å². The van der Waals surface area contributed by atoms with Gasteiger partial charge in [-0.1, -0.05) is 37.3 Å². The van der Waals surface area contributed by atoms with Crippen LogP contribution in [0.3, 0.4) is 0 Å². The van der Waals surface area contributed by atoms with Gasteiger partial charge in [0.05, 0.1) is 19.6 Å². The molecule has 0 aromatic heterocycles. The number of likely N-dealkylation sites (tertiary alicyclic amines) is 1. The Balaban J connectivity index is 0.00000364. The Morgan fingerprint density at radius 1 is 1.30 bits per heavy atom. The molecule has 152 valence electrons. The zero-order chi connectivity index (χ0) is 18.8. The van der Waals surface area contributed by atoms with E-state index in [-0.39, 0.29) is 35.9 Å². The maximum absolute atomic E-state index is 11.5. The molecule has 1 heterocycles. The quantitative estimate of drug-likeness (QED) is 0.268. The summed E-state index contributed by atoms with van der Waals surface area (Å²) < 4.78 is 4.76. The number of carbonyl (C=O) groups is 1. The summed E-state index contributed by atoms with van der Waals surface area (Å²) in [5, 5.41) is 6.78. The van der Waals surface area contributed by atoms with Crippen molar-refractivity contribution < 1.29 is 9.53 Å². The number of rotatable bonds is 7. The highest BCUT2D eigenvalue weighted by Crippen LogP contribution is 2.13. The van der Waals surface area contributed by atoms with Gasteiger partial charge in [0.25, 0.3) is 0 Å². The van der Waals surface area contributed by atoms with Gasteiger partial charge in [-0.3, -0.25) is 14.7 Å². The van der Waals surface area contributed by atoms with Crippen molar-refractivity contribution in [3.05, 3.63) is 35.9 Å². The first-order valence-corrected chi connectivity index (χ1v) is 9.51. The van der Waals surface area contributed by atoms with E-state index >= 15 is 0 Å². The molecule has 0 saturated carbocycles. The number of ether oxygens (including phenoxy) is 1. The van der Waals surface area contributed by atoms with Crippen LogP contribution < -0.4 is 10.6 Å². The summed E-state index contributed by atoms with van der Waals surface area (Å²) in [6.45, 7) is 8.26. The van der Waals surface area contributed by atoms with Crippen molar-refractivity contribution in [1.29, 1.82) is 0 Å². The number of benzene rings is 1. The third kappa shape index (κ3) is 8.47. The van der Waals surface area contributed by atoms with Crippen LogP contribution in [0.4, 0.5) is 0 Å². The highest BCUT2D eigenvalue weighted by molar-refractivity contribution is 14.0. The second kappa shape index (κ2) is 12.9. The van der Waals surface area contributed by atoms with Crippen LogP contribution in [-0.2, 0) is 16.1 Å². The fourth-order valence-corrected chi connectivity index (χ4v) is 3.09. The van der Waals surface area contributed by atoms with Gasteiger partial charge in [0, 0.05) is 32.2 Å². The summed E-state index contributed by atoms with van der Waals surface area (Å²) in [5.41, 5.74) is 1.37. The molecule has 1 saturated heterocycles. The normalized spacial score (nSPS) is 16.9. The zero-order valence-corrected chi connectivity index (χ0v) is 18.9. The molecule has 1 atom stereocenters. The van der Waals surface area contributed by atoms with Gasteiger partial charge >= 0.3 is 5.97 Å². The van der Waals surface area contributed by atoms with E-state index in [1.807, 2.05) is 13.8 Å². The fraction of sp³-hybridized carbons (Fsp3) is 0.600. The number of piperidine rings is 1. The number of esters is 1. The lowest BCUT2D eigenvalue weighted by molar-refractivity contribution is -0.144. The maximum Gasteiger partial charge on any atom is 0.310 e. The molecule has 1 fully saturated rings. The monoisotopic (exact) mass is 488 g/mol. The van der Waals surface area contributed by atoms with Crippen LogP contribution in [0.1, 0.15) is 32.3 Å². The standard InChI is InChI=1S/C20H32N4O2.HI/c1-4-21-20(22-14-16(2)19(25)26-3)23-18-10-12-24(13-11-18)15-17-8-6-5-7-9-17;/h5-9,16,18H,4,10-15H2,1-3H3,(H2,21,22,23);1H. The Hall–Kier alpha value is -1.35. The first-order valence-electron chi connectivity index (χ1n) is 9.51. The van der Waals surface area contributed by atoms with Gasteiger partial charge < -0.3 is 15.4 Å². The molecule has 2 N–H and O–H groups in total. The van der Waals surface area contributed by atoms with Crippen LogP contribution in [-0.4, -0.2) is 56.2 Å². The minimum atomic E-state index is -0.233. The van der Waals surface area contributed by atoms with Gasteiger partial charge in [-0.25, -0.2) is 0 Å². The van der Waals surface area contributed by atoms with Crippen LogP contribution in [0.5, 0.6) is 0 Å². The van der Waals surface area contributed by atoms with E-state index < -0.39 is 0 Å². The molecule has 1 aromatic carbocycles. The number of aliphatic imine (C=N–C) groups is 1. The summed E-state index contributed by atoms with van der Waals surface area (Å²) in [6.07, 6.45) is 2.17. The van der Waals surface area contributed by atoms with Crippen molar-refractivity contribution in [2.24, 2.45) is 10.9 Å². The lowest BCUT2D eigenvalue weighted by Crippen LogP contribution is -2.48. The Labute approximate surface area is 180 Å². The van der Waals surface area contributed by atoms with E-state index in [2.05, 4.69) is 50.9 Å². The largest absolute Gasteiger partial charge is 0.469 e. The van der Waals surface area contributed by atoms with Gasteiger partial charge in [0.15, 0.2) is 5.96 Å². The lowest BCUT2D eigenvalue weighted by Gasteiger charge is -2.33. The Morgan fingerprint density at radius 2 is 1.96 bits per heavy atom. The SMILES string of the molecule is CCNC(=NCC(C)C(=O)OC)NC1CCN(Cc2ccccc2)CC1.I. The average Bonchev–Trinajstić information content (AvgIpc) is 2.67. The molecule has 0 spiro atoms. The van der Waals surface area contributed by atoms with Gasteiger partial charge in [-0.2, -0.15) is 0 Å². The molecule has 7 heteroatoms. The number of nitrogens with zero attached hydrogens (tertiary/aromatic N) is 2. The fourth-order valence-electron chi connectivity index (χ4n) is 3.09. The molecule has 1 unspecified atom stereocenters. The summed E-state index contributed by atoms with van der Waals surface area (Å²) in [6, 6.07) is 11.0. The summed E-state index contributed by atoms with van der Waals surface area (Å²) >= 11 is 0. The average molecular weight is 488 g/mol. The van der Waals surface area contributed by atoms with E-state index in [1.54, 1.807) is 0 Å². The van der Waals surface area contributed by atoms with E-state index in [0.717, 1.165) is 45.0 Å². The third-order valence-electron chi connectivity index (χ3n) is 4.65. The Bertz CT molecular complexity index is 575. The van der Waals surface area contributed by atoms with E-state index in [9.17, 15) is 4.79 Å². The van der Waals surface area contributed by atoms with Crippen molar-refractivity contribution in [2.45, 2.75) is 39.3 Å². The number of nitrogens with one attached hydrogen (secondary N) is 2. The molecule has 1 aliphatic heterocycles. The summed E-state index contributed by atoms with van der Waals surface area (Å²) in [5.74, 6) is 0.326.